The van der Waals surface area contributed by atoms with E-state index in [4.69, 9.17) is 14.5 Å². The lowest BCUT2D eigenvalue weighted by Gasteiger charge is -2.28. The Kier molecular flexibility index (Phi) is 7.14. The van der Waals surface area contributed by atoms with Gasteiger partial charge in [0.05, 0.1) is 35.9 Å². The van der Waals surface area contributed by atoms with Gasteiger partial charge in [-0.2, -0.15) is 4.31 Å². The van der Waals surface area contributed by atoms with Crippen LogP contribution in [-0.4, -0.2) is 50.4 Å². The van der Waals surface area contributed by atoms with Gasteiger partial charge in [-0.1, -0.05) is 41.7 Å². The van der Waals surface area contributed by atoms with E-state index in [2.05, 4.69) is 0 Å². The van der Waals surface area contributed by atoms with E-state index in [-0.39, 0.29) is 23.9 Å². The average molecular weight is 538 g/mol. The van der Waals surface area contributed by atoms with Gasteiger partial charge >= 0.3 is 0 Å². The fourth-order valence-corrected chi connectivity index (χ4v) is 7.13. The molecule has 10 heteroatoms. The number of aromatic nitrogens is 1. The number of fused-ring (bicyclic) bond motifs is 1. The van der Waals surface area contributed by atoms with Crippen LogP contribution in [0.3, 0.4) is 0 Å². The second-order valence-corrected chi connectivity index (χ2v) is 11.6. The Hall–Kier alpha value is -3.47. The number of nitrogens with zero attached hydrogens (tertiary/aromatic N) is 3. The number of hydrogen-bond acceptors (Lipinski definition) is 7. The molecule has 2 heterocycles. The zero-order chi connectivity index (χ0) is 26.0. The lowest BCUT2D eigenvalue weighted by Crippen LogP contribution is -2.47. The highest BCUT2D eigenvalue weighted by atomic mass is 32.2. The van der Waals surface area contributed by atoms with Gasteiger partial charge < -0.3 is 9.47 Å². The van der Waals surface area contributed by atoms with Crippen molar-refractivity contribution >= 4 is 42.6 Å². The molecule has 0 aliphatic carbocycles. The molecule has 192 valence electrons. The Balaban J connectivity index is 1.50. The van der Waals surface area contributed by atoms with Crippen molar-refractivity contribution in [3.63, 3.8) is 0 Å². The highest BCUT2D eigenvalue weighted by molar-refractivity contribution is 7.89. The second kappa shape index (κ2) is 10.5. The molecular formula is C27H27N3O5S2. The maximum atomic E-state index is 14.1. The Morgan fingerprint density at radius 3 is 2.43 bits per heavy atom. The number of anilines is 1. The molecule has 0 bridgehead atoms. The fraction of sp³-hybridized carbons (Fsp3) is 0.259. The zero-order valence-corrected chi connectivity index (χ0v) is 22.2. The van der Waals surface area contributed by atoms with E-state index in [0.717, 1.165) is 15.8 Å². The van der Waals surface area contributed by atoms with E-state index < -0.39 is 16.1 Å². The van der Waals surface area contributed by atoms with Crippen LogP contribution in [0.1, 0.15) is 18.4 Å². The summed E-state index contributed by atoms with van der Waals surface area (Å²) < 4.78 is 39.8. The predicted octanol–water partition coefficient (Wildman–Crippen LogP) is 4.70. The van der Waals surface area contributed by atoms with Crippen molar-refractivity contribution in [2.45, 2.75) is 30.3 Å². The van der Waals surface area contributed by atoms with Gasteiger partial charge in [-0.3, -0.25) is 9.69 Å². The van der Waals surface area contributed by atoms with Crippen LogP contribution in [0.2, 0.25) is 0 Å². The van der Waals surface area contributed by atoms with Crippen LogP contribution >= 0.6 is 11.3 Å². The van der Waals surface area contributed by atoms with Crippen LogP contribution in [0, 0.1) is 0 Å². The highest BCUT2D eigenvalue weighted by Gasteiger charge is 2.42. The van der Waals surface area contributed by atoms with E-state index in [1.807, 2.05) is 48.5 Å². The largest absolute Gasteiger partial charge is 0.497 e. The number of carbonyl (C=O) groups is 1. The van der Waals surface area contributed by atoms with Gasteiger partial charge in [0.25, 0.3) is 0 Å². The Labute approximate surface area is 220 Å². The average Bonchev–Trinajstić information content (AvgIpc) is 3.59. The van der Waals surface area contributed by atoms with E-state index in [1.54, 1.807) is 24.1 Å². The first kappa shape index (κ1) is 25.2. The van der Waals surface area contributed by atoms with Crippen molar-refractivity contribution in [1.29, 1.82) is 0 Å². The van der Waals surface area contributed by atoms with E-state index >= 15 is 0 Å². The molecule has 1 fully saturated rings. The van der Waals surface area contributed by atoms with Gasteiger partial charge in [0, 0.05) is 6.54 Å². The first-order valence-electron chi connectivity index (χ1n) is 11.9. The first-order valence-corrected chi connectivity index (χ1v) is 14.1. The molecule has 8 nitrogen and oxygen atoms in total. The number of hydrogen-bond donors (Lipinski definition) is 0. The van der Waals surface area contributed by atoms with Gasteiger partial charge in [-0.15, -0.1) is 0 Å². The fourth-order valence-electron chi connectivity index (χ4n) is 4.48. The van der Waals surface area contributed by atoms with Crippen molar-refractivity contribution in [2.75, 3.05) is 25.7 Å². The van der Waals surface area contributed by atoms with Gasteiger partial charge in [0.1, 0.15) is 17.5 Å². The molecule has 1 atom stereocenters. The van der Waals surface area contributed by atoms with Gasteiger partial charge in [0.2, 0.25) is 15.9 Å². The lowest BCUT2D eigenvalue weighted by molar-refractivity contribution is -0.121. The van der Waals surface area contributed by atoms with Crippen molar-refractivity contribution in [3.8, 4) is 11.5 Å². The van der Waals surface area contributed by atoms with E-state index in [1.165, 1.54) is 34.9 Å². The smallest absolute Gasteiger partial charge is 0.247 e. The Bertz CT molecular complexity index is 1500. The molecule has 4 aromatic rings. The molecule has 1 unspecified atom stereocenters. The van der Waals surface area contributed by atoms with E-state index in [0.29, 0.717) is 29.5 Å². The molecule has 0 spiro atoms. The molecule has 0 radical (unpaired) electrons. The third-order valence-electron chi connectivity index (χ3n) is 6.42. The van der Waals surface area contributed by atoms with Gasteiger partial charge in [0.15, 0.2) is 5.13 Å². The molecule has 1 aromatic heterocycles. The molecular weight excluding hydrogens is 510 g/mol. The summed E-state index contributed by atoms with van der Waals surface area (Å²) in [5.41, 5.74) is 1.68. The third kappa shape index (κ3) is 5.04. The highest BCUT2D eigenvalue weighted by Crippen LogP contribution is 2.35. The number of thiazole rings is 1. The van der Waals surface area contributed by atoms with Crippen LogP contribution < -0.4 is 14.4 Å². The van der Waals surface area contributed by atoms with Crippen LogP contribution in [-0.2, 0) is 21.4 Å². The SMILES string of the molecule is COc1ccc(S(=O)(=O)N2CCCC2C(=O)N(Cc2ccccc2)c2nc3ccc(OC)cc3s2)cc1. The number of carbonyl (C=O) groups excluding carboxylic acids is 1. The molecule has 0 N–H and O–H groups in total. The molecule has 1 saturated heterocycles. The minimum atomic E-state index is -3.88. The number of ether oxygens (including phenoxy) is 2. The maximum Gasteiger partial charge on any atom is 0.247 e. The third-order valence-corrected chi connectivity index (χ3v) is 9.38. The second-order valence-electron chi connectivity index (χ2n) is 8.69. The van der Waals surface area contributed by atoms with E-state index in [9.17, 15) is 13.2 Å². The summed E-state index contributed by atoms with van der Waals surface area (Å²) in [6.07, 6.45) is 1.04. The molecule has 37 heavy (non-hydrogen) atoms. The summed E-state index contributed by atoms with van der Waals surface area (Å²) in [6, 6.07) is 20.6. The topological polar surface area (TPSA) is 89.0 Å². The van der Waals surface area contributed by atoms with Crippen molar-refractivity contribution in [2.24, 2.45) is 0 Å². The monoisotopic (exact) mass is 537 g/mol. The minimum absolute atomic E-state index is 0.134. The number of sulfonamides is 1. The summed E-state index contributed by atoms with van der Waals surface area (Å²) in [7, 11) is -0.754. The first-order chi connectivity index (χ1) is 17.9. The summed E-state index contributed by atoms with van der Waals surface area (Å²) >= 11 is 1.38. The van der Waals surface area contributed by atoms with Crippen LogP contribution in [0.5, 0.6) is 11.5 Å². The summed E-state index contributed by atoms with van der Waals surface area (Å²) in [5.74, 6) is 0.982. The number of amides is 1. The number of benzene rings is 3. The van der Waals surface area contributed by atoms with Gasteiger partial charge in [-0.25, -0.2) is 13.4 Å². The lowest BCUT2D eigenvalue weighted by atomic mass is 10.1. The molecule has 5 rings (SSSR count). The standard InChI is InChI=1S/C27H27N3O5S2/c1-34-20-10-13-22(14-11-20)37(32,33)30-16-6-9-24(30)26(31)29(18-19-7-4-3-5-8-19)27-28-23-15-12-21(35-2)17-25(23)36-27/h3-5,7-8,10-15,17,24H,6,9,16,18H2,1-2H3. The molecule has 3 aromatic carbocycles. The molecule has 1 amide bonds. The zero-order valence-electron chi connectivity index (χ0n) is 20.5. The molecule has 1 aliphatic rings. The Morgan fingerprint density at radius 2 is 1.73 bits per heavy atom. The predicted molar refractivity (Wildman–Crippen MR) is 144 cm³/mol. The van der Waals surface area contributed by atoms with Gasteiger partial charge in [-0.05, 0) is 60.9 Å². The Morgan fingerprint density at radius 1 is 1.03 bits per heavy atom. The van der Waals surface area contributed by atoms with Crippen LogP contribution in [0.15, 0.2) is 77.7 Å². The molecule has 1 aliphatic heterocycles. The van der Waals surface area contributed by atoms with Crippen LogP contribution in [0.25, 0.3) is 10.2 Å². The number of methoxy groups -OCH3 is 2. The summed E-state index contributed by atoms with van der Waals surface area (Å²) in [5, 5.41) is 0.519. The number of rotatable bonds is 8. The van der Waals surface area contributed by atoms with Crippen LogP contribution in [0.4, 0.5) is 5.13 Å². The molecule has 0 saturated carbocycles. The van der Waals surface area contributed by atoms with Crippen molar-refractivity contribution in [3.05, 3.63) is 78.4 Å². The minimum Gasteiger partial charge on any atom is -0.497 e. The maximum absolute atomic E-state index is 14.1. The van der Waals surface area contributed by atoms with Crippen molar-refractivity contribution < 1.29 is 22.7 Å². The summed E-state index contributed by atoms with van der Waals surface area (Å²) in [4.78, 5) is 20.6. The summed E-state index contributed by atoms with van der Waals surface area (Å²) in [6.45, 7) is 0.560. The quantitative estimate of drug-likeness (QED) is 0.324. The van der Waals surface area contributed by atoms with Crippen molar-refractivity contribution in [1.82, 2.24) is 9.29 Å². The normalized spacial score (nSPS) is 16.1.